The highest BCUT2D eigenvalue weighted by atomic mass is 79.9. The minimum atomic E-state index is -0.121. The Morgan fingerprint density at radius 2 is 2.11 bits per heavy atom. The molecule has 100 valence electrons. The summed E-state index contributed by atoms with van der Waals surface area (Å²) in [4.78, 5) is 12.9. The number of nitrogens with one attached hydrogen (secondary N) is 1. The molecule has 1 amide bonds. The average molecular weight is 340 g/mol. The second-order valence-corrected chi connectivity index (χ2v) is 5.94. The fourth-order valence-electron chi connectivity index (χ4n) is 1.57. The smallest absolute Gasteiger partial charge is 0.258 e. The molecule has 1 aromatic heterocycles. The summed E-state index contributed by atoms with van der Waals surface area (Å²) >= 11 is 4.97. The lowest BCUT2D eigenvalue weighted by Crippen LogP contribution is -2.30. The zero-order valence-electron chi connectivity index (χ0n) is 10.4. The fraction of sp³-hybridized carbons (Fsp3) is 0.214. The van der Waals surface area contributed by atoms with Crippen molar-refractivity contribution in [1.29, 1.82) is 0 Å². The number of thiophene rings is 1. The molecule has 0 spiro atoms. The number of ether oxygens (including phenoxy) is 1. The van der Waals surface area contributed by atoms with Crippen molar-refractivity contribution >= 4 is 33.2 Å². The first-order valence-corrected chi connectivity index (χ1v) is 7.53. The van der Waals surface area contributed by atoms with Gasteiger partial charge >= 0.3 is 0 Å². The number of carbonyl (C=O) groups is 1. The molecule has 5 heteroatoms. The molecule has 0 bridgehead atoms. The van der Waals surface area contributed by atoms with Gasteiger partial charge in [0.1, 0.15) is 5.75 Å². The monoisotopic (exact) mass is 339 g/mol. The lowest BCUT2D eigenvalue weighted by molar-refractivity contribution is -0.123. The van der Waals surface area contributed by atoms with Crippen molar-refractivity contribution < 1.29 is 9.53 Å². The molecule has 0 aliphatic carbocycles. The quantitative estimate of drug-likeness (QED) is 0.900. The molecule has 1 aromatic carbocycles. The molecule has 3 nitrogen and oxygen atoms in total. The van der Waals surface area contributed by atoms with Gasteiger partial charge in [0.2, 0.25) is 0 Å². The Bertz CT molecular complexity index is 525. The third-order valence-electron chi connectivity index (χ3n) is 2.53. The first kappa shape index (κ1) is 14.1. The lowest BCUT2D eigenvalue weighted by Gasteiger charge is -2.12. The Kier molecular flexibility index (Phi) is 4.99. The van der Waals surface area contributed by atoms with Gasteiger partial charge < -0.3 is 10.1 Å². The van der Waals surface area contributed by atoms with E-state index >= 15 is 0 Å². The van der Waals surface area contributed by atoms with Gasteiger partial charge in [-0.05, 0) is 42.6 Å². The predicted molar refractivity (Wildman–Crippen MR) is 80.5 cm³/mol. The SMILES string of the molecule is C[C@H](NC(=O)COc1ccc(Br)cc1)c1cccs1. The topological polar surface area (TPSA) is 38.3 Å². The normalized spacial score (nSPS) is 11.9. The summed E-state index contributed by atoms with van der Waals surface area (Å²) in [5, 5.41) is 4.90. The minimum Gasteiger partial charge on any atom is -0.484 e. The van der Waals surface area contributed by atoms with Crippen LogP contribution in [0.1, 0.15) is 17.8 Å². The number of carbonyl (C=O) groups excluding carboxylic acids is 1. The van der Waals surface area contributed by atoms with Crippen molar-refractivity contribution in [1.82, 2.24) is 5.32 Å². The van der Waals surface area contributed by atoms with Crippen LogP contribution in [0.25, 0.3) is 0 Å². The Morgan fingerprint density at radius 1 is 1.37 bits per heavy atom. The van der Waals surface area contributed by atoms with E-state index in [4.69, 9.17) is 4.74 Å². The molecule has 0 fully saturated rings. The Hall–Kier alpha value is -1.33. The van der Waals surface area contributed by atoms with E-state index < -0.39 is 0 Å². The summed E-state index contributed by atoms with van der Waals surface area (Å²) in [7, 11) is 0. The molecule has 0 aliphatic heterocycles. The van der Waals surface area contributed by atoms with Crippen molar-refractivity contribution in [2.24, 2.45) is 0 Å². The number of hydrogen-bond acceptors (Lipinski definition) is 3. The first-order valence-electron chi connectivity index (χ1n) is 5.86. The van der Waals surface area contributed by atoms with Crippen molar-refractivity contribution in [2.45, 2.75) is 13.0 Å². The number of hydrogen-bond donors (Lipinski definition) is 1. The second-order valence-electron chi connectivity index (χ2n) is 4.05. The van der Waals surface area contributed by atoms with Crippen LogP contribution in [0.2, 0.25) is 0 Å². The van der Waals surface area contributed by atoms with Crippen LogP contribution in [-0.2, 0) is 4.79 Å². The summed E-state index contributed by atoms with van der Waals surface area (Å²) in [6.07, 6.45) is 0. The second kappa shape index (κ2) is 6.73. The van der Waals surface area contributed by atoms with E-state index in [1.54, 1.807) is 11.3 Å². The van der Waals surface area contributed by atoms with Crippen LogP contribution in [0.15, 0.2) is 46.3 Å². The molecule has 2 aromatic rings. The molecule has 1 atom stereocenters. The molecule has 0 unspecified atom stereocenters. The summed E-state index contributed by atoms with van der Waals surface area (Å²) < 4.78 is 6.39. The average Bonchev–Trinajstić information content (AvgIpc) is 2.92. The Labute approximate surface area is 124 Å². The standard InChI is InChI=1S/C14H14BrNO2S/c1-10(13-3-2-8-19-13)16-14(17)9-18-12-6-4-11(15)5-7-12/h2-8,10H,9H2,1H3,(H,16,17)/t10-/m0/s1. The van der Waals surface area contributed by atoms with Gasteiger partial charge in [-0.15, -0.1) is 11.3 Å². The molecule has 0 radical (unpaired) electrons. The molecular formula is C14H14BrNO2S. The van der Waals surface area contributed by atoms with Gasteiger partial charge in [0, 0.05) is 9.35 Å². The molecule has 1 N–H and O–H groups in total. The fourth-order valence-corrected chi connectivity index (χ4v) is 2.57. The zero-order valence-corrected chi connectivity index (χ0v) is 12.8. The molecule has 19 heavy (non-hydrogen) atoms. The van der Waals surface area contributed by atoms with E-state index in [1.165, 1.54) is 0 Å². The minimum absolute atomic E-state index is 0.0148. The molecular weight excluding hydrogens is 326 g/mol. The highest BCUT2D eigenvalue weighted by Gasteiger charge is 2.10. The summed E-state index contributed by atoms with van der Waals surface area (Å²) in [6, 6.07) is 11.4. The Morgan fingerprint density at radius 3 is 2.74 bits per heavy atom. The molecule has 0 saturated heterocycles. The van der Waals surface area contributed by atoms with Crippen molar-refractivity contribution in [3.05, 3.63) is 51.1 Å². The van der Waals surface area contributed by atoms with Gasteiger partial charge in [-0.3, -0.25) is 4.79 Å². The van der Waals surface area contributed by atoms with Gasteiger partial charge in [0.15, 0.2) is 6.61 Å². The third kappa shape index (κ3) is 4.36. The van der Waals surface area contributed by atoms with Gasteiger partial charge in [-0.2, -0.15) is 0 Å². The van der Waals surface area contributed by atoms with Crippen molar-refractivity contribution in [2.75, 3.05) is 6.61 Å². The van der Waals surface area contributed by atoms with E-state index in [-0.39, 0.29) is 18.6 Å². The zero-order chi connectivity index (χ0) is 13.7. The van der Waals surface area contributed by atoms with E-state index in [1.807, 2.05) is 48.7 Å². The maximum atomic E-state index is 11.7. The number of halogens is 1. The maximum Gasteiger partial charge on any atom is 0.258 e. The molecule has 2 rings (SSSR count). The van der Waals surface area contributed by atoms with E-state index in [0.29, 0.717) is 5.75 Å². The number of benzene rings is 1. The van der Waals surface area contributed by atoms with Gasteiger partial charge in [-0.1, -0.05) is 22.0 Å². The number of rotatable bonds is 5. The van der Waals surface area contributed by atoms with E-state index in [0.717, 1.165) is 9.35 Å². The molecule has 1 heterocycles. The van der Waals surface area contributed by atoms with Crippen LogP contribution in [0.3, 0.4) is 0 Å². The van der Waals surface area contributed by atoms with Crippen molar-refractivity contribution in [3.8, 4) is 5.75 Å². The predicted octanol–water partition coefficient (Wildman–Crippen LogP) is 3.77. The van der Waals surface area contributed by atoms with E-state index in [9.17, 15) is 4.79 Å². The van der Waals surface area contributed by atoms with Gasteiger partial charge in [0.25, 0.3) is 5.91 Å². The van der Waals surface area contributed by atoms with Crippen LogP contribution in [0, 0.1) is 0 Å². The van der Waals surface area contributed by atoms with Gasteiger partial charge in [0.05, 0.1) is 6.04 Å². The molecule has 0 aliphatic rings. The first-order chi connectivity index (χ1) is 9.15. The summed E-state index contributed by atoms with van der Waals surface area (Å²) in [5.74, 6) is 0.561. The lowest BCUT2D eigenvalue weighted by atomic mass is 10.3. The highest BCUT2D eigenvalue weighted by Crippen LogP contribution is 2.18. The van der Waals surface area contributed by atoms with Crippen LogP contribution < -0.4 is 10.1 Å². The van der Waals surface area contributed by atoms with Crippen LogP contribution in [0.5, 0.6) is 5.75 Å². The largest absolute Gasteiger partial charge is 0.484 e. The highest BCUT2D eigenvalue weighted by molar-refractivity contribution is 9.10. The van der Waals surface area contributed by atoms with Crippen LogP contribution >= 0.6 is 27.3 Å². The van der Waals surface area contributed by atoms with Crippen molar-refractivity contribution in [3.63, 3.8) is 0 Å². The van der Waals surface area contributed by atoms with Gasteiger partial charge in [-0.25, -0.2) is 0 Å². The molecule has 0 saturated carbocycles. The van der Waals surface area contributed by atoms with E-state index in [2.05, 4.69) is 21.2 Å². The van der Waals surface area contributed by atoms with Crippen LogP contribution in [0.4, 0.5) is 0 Å². The van der Waals surface area contributed by atoms with Crippen LogP contribution in [-0.4, -0.2) is 12.5 Å². The summed E-state index contributed by atoms with van der Waals surface area (Å²) in [6.45, 7) is 1.99. The Balaban J connectivity index is 1.80. The number of amides is 1. The maximum absolute atomic E-state index is 11.7. The summed E-state index contributed by atoms with van der Waals surface area (Å²) in [5.41, 5.74) is 0. The third-order valence-corrected chi connectivity index (χ3v) is 4.11.